The van der Waals surface area contributed by atoms with Crippen molar-refractivity contribution in [1.29, 1.82) is 0 Å². The third kappa shape index (κ3) is 4.06. The highest BCUT2D eigenvalue weighted by Gasteiger charge is 2.15. The van der Waals surface area contributed by atoms with Gasteiger partial charge in [-0.05, 0) is 47.8 Å². The van der Waals surface area contributed by atoms with E-state index < -0.39 is 0 Å². The van der Waals surface area contributed by atoms with Gasteiger partial charge in [0.15, 0.2) is 8.68 Å². The maximum atomic E-state index is 4.68. The van der Waals surface area contributed by atoms with E-state index in [9.17, 15) is 0 Å². The summed E-state index contributed by atoms with van der Waals surface area (Å²) in [4.78, 5) is 25.1. The predicted molar refractivity (Wildman–Crippen MR) is 122 cm³/mol. The van der Waals surface area contributed by atoms with Gasteiger partial charge in [0, 0.05) is 14.1 Å². The molecule has 29 heavy (non-hydrogen) atoms. The molecule has 0 saturated carbocycles. The Morgan fingerprint density at radius 1 is 0.655 bits per heavy atom. The summed E-state index contributed by atoms with van der Waals surface area (Å²) in [5, 5.41) is 1.26. The second kappa shape index (κ2) is 7.86. The van der Waals surface area contributed by atoms with Crippen LogP contribution in [0, 0.1) is 0 Å². The molecule has 10 heteroatoms. The number of thiazole rings is 2. The Morgan fingerprint density at radius 3 is 1.59 bits per heavy atom. The summed E-state index contributed by atoms with van der Waals surface area (Å²) in [6.07, 6.45) is 0. The van der Waals surface area contributed by atoms with Crippen molar-refractivity contribution in [3.05, 3.63) is 48.5 Å². The fourth-order valence-corrected chi connectivity index (χ4v) is 6.45. The van der Waals surface area contributed by atoms with Crippen molar-refractivity contribution in [3.8, 4) is 0 Å². The van der Waals surface area contributed by atoms with Gasteiger partial charge in [-0.3, -0.25) is 0 Å². The number of para-hydroxylation sites is 2. The number of rotatable bonds is 5. The third-order valence-electron chi connectivity index (χ3n) is 3.89. The minimum Gasteiger partial charge on any atom is -0.347 e. The highest BCUT2D eigenvalue weighted by Crippen LogP contribution is 2.36. The first kappa shape index (κ1) is 18.7. The van der Waals surface area contributed by atoms with Crippen molar-refractivity contribution >= 4 is 72.6 Å². The zero-order valence-corrected chi connectivity index (χ0v) is 18.7. The molecule has 3 heterocycles. The average Bonchev–Trinajstić information content (AvgIpc) is 3.30. The van der Waals surface area contributed by atoms with Crippen LogP contribution in [0.5, 0.6) is 0 Å². The van der Waals surface area contributed by atoms with Crippen molar-refractivity contribution in [3.63, 3.8) is 0 Å². The first-order valence-electron chi connectivity index (χ1n) is 8.64. The topological polar surface area (TPSA) is 67.7 Å². The molecule has 2 aromatic carbocycles. The number of aromatic nitrogens is 5. The first-order valence-corrected chi connectivity index (χ1v) is 11.9. The quantitative estimate of drug-likeness (QED) is 0.347. The van der Waals surface area contributed by atoms with E-state index in [1.807, 2.05) is 55.4 Å². The monoisotopic (exact) mass is 454 g/mol. The van der Waals surface area contributed by atoms with Crippen LogP contribution in [0.25, 0.3) is 20.4 Å². The standard InChI is InChI=1S/C19H14N6S4/c1-25(2)15-22-16(28-18-20-11-7-3-5-9-13(11)26-18)24-17(23-15)29-19-21-12-8-4-6-10-14(12)27-19/h3-10H,1-2H3. The highest BCUT2D eigenvalue weighted by molar-refractivity contribution is 8.01. The van der Waals surface area contributed by atoms with E-state index in [0.717, 1.165) is 29.1 Å². The number of anilines is 1. The molecule has 5 rings (SSSR count). The van der Waals surface area contributed by atoms with Crippen LogP contribution >= 0.6 is 46.2 Å². The van der Waals surface area contributed by atoms with Crippen LogP contribution in [0.1, 0.15) is 0 Å². The van der Waals surface area contributed by atoms with E-state index in [0.29, 0.717) is 16.3 Å². The van der Waals surface area contributed by atoms with E-state index in [1.165, 1.54) is 23.5 Å². The van der Waals surface area contributed by atoms with Crippen LogP contribution in [0.4, 0.5) is 5.95 Å². The summed E-state index contributed by atoms with van der Waals surface area (Å²) < 4.78 is 4.14. The van der Waals surface area contributed by atoms with Gasteiger partial charge in [0.25, 0.3) is 0 Å². The first-order chi connectivity index (χ1) is 14.1. The maximum absolute atomic E-state index is 4.68. The van der Waals surface area contributed by atoms with Gasteiger partial charge in [-0.2, -0.15) is 15.0 Å². The molecule has 0 N–H and O–H groups in total. The minimum atomic E-state index is 0.618. The van der Waals surface area contributed by atoms with Crippen LogP contribution in [-0.4, -0.2) is 39.0 Å². The van der Waals surface area contributed by atoms with E-state index in [-0.39, 0.29) is 0 Å². The summed E-state index contributed by atoms with van der Waals surface area (Å²) in [6, 6.07) is 16.2. The molecule has 0 aliphatic rings. The number of fused-ring (bicyclic) bond motifs is 2. The molecular formula is C19H14N6S4. The maximum Gasteiger partial charge on any atom is 0.229 e. The lowest BCUT2D eigenvalue weighted by molar-refractivity contribution is 0.781. The largest absolute Gasteiger partial charge is 0.347 e. The predicted octanol–water partition coefficient (Wildman–Crippen LogP) is 5.46. The Bertz CT molecular complexity index is 1150. The highest BCUT2D eigenvalue weighted by atomic mass is 32.2. The van der Waals surface area contributed by atoms with Crippen molar-refractivity contribution in [1.82, 2.24) is 24.9 Å². The molecule has 6 nitrogen and oxygen atoms in total. The molecule has 144 valence electrons. The van der Waals surface area contributed by atoms with Crippen LogP contribution in [0.15, 0.2) is 67.5 Å². The smallest absolute Gasteiger partial charge is 0.229 e. The zero-order valence-electron chi connectivity index (χ0n) is 15.4. The summed E-state index contributed by atoms with van der Waals surface area (Å²) in [7, 11) is 3.85. The second-order valence-corrected chi connectivity index (χ2v) is 10.7. The van der Waals surface area contributed by atoms with Gasteiger partial charge in [-0.15, -0.1) is 22.7 Å². The van der Waals surface area contributed by atoms with Gasteiger partial charge in [0.2, 0.25) is 16.3 Å². The van der Waals surface area contributed by atoms with Gasteiger partial charge in [-0.25, -0.2) is 9.97 Å². The molecule has 0 atom stereocenters. The molecule has 3 aromatic heterocycles. The van der Waals surface area contributed by atoms with Crippen LogP contribution in [0.3, 0.4) is 0 Å². The Morgan fingerprint density at radius 2 is 1.14 bits per heavy atom. The lowest BCUT2D eigenvalue weighted by Gasteiger charge is -2.11. The fourth-order valence-electron chi connectivity index (χ4n) is 2.56. The van der Waals surface area contributed by atoms with E-state index in [2.05, 4.69) is 37.1 Å². The summed E-state index contributed by atoms with van der Waals surface area (Å²) in [5.41, 5.74) is 1.98. The van der Waals surface area contributed by atoms with E-state index in [4.69, 9.17) is 0 Å². The van der Waals surface area contributed by atoms with E-state index in [1.54, 1.807) is 22.7 Å². The molecule has 0 fully saturated rings. The summed E-state index contributed by atoms with van der Waals surface area (Å²) >= 11 is 6.21. The number of hydrogen-bond donors (Lipinski definition) is 0. The Hall–Kier alpha value is -2.27. The molecular weight excluding hydrogens is 441 g/mol. The molecule has 0 aliphatic carbocycles. The Kier molecular flexibility index (Phi) is 5.08. The van der Waals surface area contributed by atoms with Crippen molar-refractivity contribution in [2.24, 2.45) is 0 Å². The van der Waals surface area contributed by atoms with Gasteiger partial charge < -0.3 is 4.90 Å². The SMILES string of the molecule is CN(C)c1nc(Sc2nc3ccccc3s2)nc(Sc2nc3ccccc3s2)n1. The van der Waals surface area contributed by atoms with Crippen LogP contribution in [-0.2, 0) is 0 Å². The zero-order chi connectivity index (χ0) is 19.8. The lowest BCUT2D eigenvalue weighted by Crippen LogP contribution is -2.14. The average molecular weight is 455 g/mol. The second-order valence-electron chi connectivity index (χ2n) is 6.19. The lowest BCUT2D eigenvalue weighted by atomic mass is 10.3. The third-order valence-corrected chi connectivity index (χ3v) is 7.81. The van der Waals surface area contributed by atoms with Gasteiger partial charge in [-0.1, -0.05) is 24.3 Å². The molecule has 0 aliphatic heterocycles. The minimum absolute atomic E-state index is 0.618. The molecule has 0 amide bonds. The number of nitrogens with zero attached hydrogens (tertiary/aromatic N) is 6. The number of hydrogen-bond acceptors (Lipinski definition) is 10. The molecule has 0 saturated heterocycles. The van der Waals surface area contributed by atoms with Crippen LogP contribution < -0.4 is 4.90 Å². The molecule has 0 spiro atoms. The van der Waals surface area contributed by atoms with Crippen molar-refractivity contribution in [2.45, 2.75) is 19.0 Å². The van der Waals surface area contributed by atoms with Crippen molar-refractivity contribution < 1.29 is 0 Å². The number of benzene rings is 2. The van der Waals surface area contributed by atoms with Crippen molar-refractivity contribution in [2.75, 3.05) is 19.0 Å². The fraction of sp³-hybridized carbons (Fsp3) is 0.105. The molecule has 0 bridgehead atoms. The molecule has 0 radical (unpaired) electrons. The van der Waals surface area contributed by atoms with Gasteiger partial charge in [0.05, 0.1) is 20.4 Å². The van der Waals surface area contributed by atoms with Gasteiger partial charge in [0.1, 0.15) is 0 Å². The van der Waals surface area contributed by atoms with E-state index >= 15 is 0 Å². The summed E-state index contributed by atoms with van der Waals surface area (Å²) in [5.74, 6) is 0.618. The Balaban J connectivity index is 1.47. The van der Waals surface area contributed by atoms with Crippen LogP contribution in [0.2, 0.25) is 0 Å². The molecule has 5 aromatic rings. The molecule has 0 unspecified atom stereocenters. The normalized spacial score (nSPS) is 11.4. The summed E-state index contributed by atoms with van der Waals surface area (Å²) in [6.45, 7) is 0. The van der Waals surface area contributed by atoms with Gasteiger partial charge >= 0.3 is 0 Å². The Labute approximate surface area is 183 Å².